The lowest BCUT2D eigenvalue weighted by Crippen LogP contribution is -2.19. The fourth-order valence-electron chi connectivity index (χ4n) is 2.86. The molecule has 0 spiro atoms. The number of thioether (sulfide) groups is 1. The zero-order valence-electron chi connectivity index (χ0n) is 18.5. The average molecular weight is 496 g/mol. The lowest BCUT2D eigenvalue weighted by atomic mass is 10.1. The topological polar surface area (TPSA) is 140 Å². The van der Waals surface area contributed by atoms with Gasteiger partial charge in [0.05, 0.1) is 29.6 Å². The number of nitro benzene ring substituents is 1. The highest BCUT2D eigenvalue weighted by atomic mass is 32.2. The molecule has 0 aliphatic heterocycles. The molecule has 3 aromatic rings. The Morgan fingerprint density at radius 3 is 2.57 bits per heavy atom. The van der Waals surface area contributed by atoms with Gasteiger partial charge in [0.25, 0.3) is 5.69 Å². The van der Waals surface area contributed by atoms with E-state index in [0.717, 1.165) is 4.90 Å². The van der Waals surface area contributed by atoms with E-state index in [1.807, 2.05) is 0 Å². The molecule has 0 aromatic heterocycles. The summed E-state index contributed by atoms with van der Waals surface area (Å²) in [5.41, 5.74) is 3.95. The molecule has 35 heavy (non-hydrogen) atoms. The first kappa shape index (κ1) is 25.2. The number of hydrogen-bond donors (Lipinski definition) is 2. The summed E-state index contributed by atoms with van der Waals surface area (Å²) in [7, 11) is 1.49. The third-order valence-corrected chi connectivity index (χ3v) is 5.59. The number of aromatic carboxylic acids is 1. The summed E-state index contributed by atoms with van der Waals surface area (Å²) < 4.78 is 11.1. The number of carbonyl (C=O) groups is 2. The van der Waals surface area contributed by atoms with Gasteiger partial charge in [-0.25, -0.2) is 10.2 Å². The van der Waals surface area contributed by atoms with Crippen molar-refractivity contribution < 1.29 is 29.1 Å². The molecule has 0 aliphatic rings. The number of nitro groups is 1. The highest BCUT2D eigenvalue weighted by Crippen LogP contribution is 2.28. The van der Waals surface area contributed by atoms with Crippen LogP contribution in [0.1, 0.15) is 21.5 Å². The zero-order valence-corrected chi connectivity index (χ0v) is 19.4. The molecule has 0 saturated carbocycles. The molecule has 0 aliphatic carbocycles. The maximum atomic E-state index is 12.0. The van der Waals surface area contributed by atoms with Gasteiger partial charge in [-0.3, -0.25) is 14.9 Å². The molecule has 0 radical (unpaired) electrons. The monoisotopic (exact) mass is 495 g/mol. The van der Waals surface area contributed by atoms with E-state index >= 15 is 0 Å². The largest absolute Gasteiger partial charge is 0.493 e. The summed E-state index contributed by atoms with van der Waals surface area (Å²) in [4.78, 5) is 34.0. The van der Waals surface area contributed by atoms with Crippen molar-refractivity contribution in [3.63, 3.8) is 0 Å². The standard InChI is InChI=1S/C24H21N3O7S/c1-33-22-12-16(5-10-21(22)34-14-17-3-2-4-18(11-17)24(29)30)13-25-26-23(28)15-35-20-8-6-19(7-9-20)27(31)32/h2-13H,14-15H2,1H3,(H,26,28)(H,29,30)/b25-13-. The molecule has 180 valence electrons. The van der Waals surface area contributed by atoms with Gasteiger partial charge in [-0.05, 0) is 53.6 Å². The molecule has 10 nitrogen and oxygen atoms in total. The zero-order chi connectivity index (χ0) is 25.2. The van der Waals surface area contributed by atoms with Crippen LogP contribution in [0.15, 0.2) is 76.7 Å². The van der Waals surface area contributed by atoms with Gasteiger partial charge in [0.15, 0.2) is 11.5 Å². The van der Waals surface area contributed by atoms with Crippen LogP contribution < -0.4 is 14.9 Å². The van der Waals surface area contributed by atoms with E-state index in [-0.39, 0.29) is 29.5 Å². The van der Waals surface area contributed by atoms with Crippen molar-refractivity contribution in [1.29, 1.82) is 0 Å². The van der Waals surface area contributed by atoms with E-state index in [1.165, 1.54) is 43.3 Å². The van der Waals surface area contributed by atoms with Gasteiger partial charge >= 0.3 is 5.97 Å². The van der Waals surface area contributed by atoms with E-state index in [9.17, 15) is 19.7 Å². The van der Waals surface area contributed by atoms with Gasteiger partial charge in [0, 0.05) is 17.0 Å². The number of methoxy groups -OCH3 is 1. The van der Waals surface area contributed by atoms with Crippen LogP contribution in [-0.2, 0) is 11.4 Å². The minimum Gasteiger partial charge on any atom is -0.493 e. The van der Waals surface area contributed by atoms with Crippen molar-refractivity contribution in [2.24, 2.45) is 5.10 Å². The number of carboxylic acids is 1. The van der Waals surface area contributed by atoms with E-state index in [4.69, 9.17) is 14.6 Å². The van der Waals surface area contributed by atoms with Gasteiger partial charge in [-0.2, -0.15) is 5.10 Å². The normalized spacial score (nSPS) is 10.7. The first-order valence-electron chi connectivity index (χ1n) is 10.2. The number of hydrazone groups is 1. The molecule has 3 rings (SSSR count). The van der Waals surface area contributed by atoms with Crippen molar-refractivity contribution in [2.75, 3.05) is 12.9 Å². The number of nitrogens with zero attached hydrogens (tertiary/aromatic N) is 2. The third-order valence-electron chi connectivity index (χ3n) is 4.58. The number of nitrogens with one attached hydrogen (secondary N) is 1. The minimum atomic E-state index is -1.01. The summed E-state index contributed by atoms with van der Waals surface area (Å²) in [6, 6.07) is 17.5. The van der Waals surface area contributed by atoms with Crippen LogP contribution in [0.25, 0.3) is 0 Å². The molecule has 2 N–H and O–H groups in total. The van der Waals surface area contributed by atoms with Gasteiger partial charge < -0.3 is 14.6 Å². The van der Waals surface area contributed by atoms with Crippen LogP contribution in [0, 0.1) is 10.1 Å². The van der Waals surface area contributed by atoms with Gasteiger partial charge in [-0.1, -0.05) is 12.1 Å². The predicted molar refractivity (Wildman–Crippen MR) is 130 cm³/mol. The molecule has 0 bridgehead atoms. The second-order valence-electron chi connectivity index (χ2n) is 7.04. The van der Waals surface area contributed by atoms with Crippen molar-refractivity contribution in [2.45, 2.75) is 11.5 Å². The van der Waals surface area contributed by atoms with Gasteiger partial charge in [0.1, 0.15) is 6.61 Å². The maximum Gasteiger partial charge on any atom is 0.335 e. The Labute approximate surface area is 204 Å². The number of carbonyl (C=O) groups excluding carboxylic acids is 1. The molecule has 0 fully saturated rings. The summed E-state index contributed by atoms with van der Waals surface area (Å²) in [6.45, 7) is 0.160. The van der Waals surface area contributed by atoms with E-state index in [2.05, 4.69) is 10.5 Å². The number of rotatable bonds is 11. The highest BCUT2D eigenvalue weighted by Gasteiger charge is 2.09. The Morgan fingerprint density at radius 1 is 1.11 bits per heavy atom. The molecule has 0 saturated heterocycles. The Bertz CT molecular complexity index is 1250. The van der Waals surface area contributed by atoms with Crippen molar-refractivity contribution in [3.8, 4) is 11.5 Å². The molecular weight excluding hydrogens is 474 g/mol. The highest BCUT2D eigenvalue weighted by molar-refractivity contribution is 8.00. The van der Waals surface area contributed by atoms with Crippen LogP contribution in [0.2, 0.25) is 0 Å². The van der Waals surface area contributed by atoms with E-state index < -0.39 is 10.9 Å². The van der Waals surface area contributed by atoms with Crippen LogP contribution in [0.4, 0.5) is 5.69 Å². The number of non-ortho nitro benzene ring substituents is 1. The second-order valence-corrected chi connectivity index (χ2v) is 8.09. The quantitative estimate of drug-likeness (QED) is 0.175. The Kier molecular flexibility index (Phi) is 8.79. The Morgan fingerprint density at radius 2 is 1.89 bits per heavy atom. The van der Waals surface area contributed by atoms with Crippen molar-refractivity contribution in [3.05, 3.63) is 93.5 Å². The molecule has 3 aromatic carbocycles. The Balaban J connectivity index is 1.52. The number of hydrogen-bond acceptors (Lipinski definition) is 8. The summed E-state index contributed by atoms with van der Waals surface area (Å²) in [6.07, 6.45) is 1.46. The first-order valence-corrected chi connectivity index (χ1v) is 11.2. The van der Waals surface area contributed by atoms with Crippen LogP contribution >= 0.6 is 11.8 Å². The smallest absolute Gasteiger partial charge is 0.335 e. The minimum absolute atomic E-state index is 0.0114. The molecular formula is C24H21N3O7S. The summed E-state index contributed by atoms with van der Waals surface area (Å²) >= 11 is 1.23. The molecule has 0 unspecified atom stereocenters. The number of carboxylic acid groups (broad SMARTS) is 1. The average Bonchev–Trinajstić information content (AvgIpc) is 2.87. The third kappa shape index (κ3) is 7.57. The summed E-state index contributed by atoms with van der Waals surface area (Å²) in [5.74, 6) is -0.337. The number of amides is 1. The molecule has 11 heteroatoms. The first-order chi connectivity index (χ1) is 16.9. The molecule has 0 heterocycles. The van der Waals surface area contributed by atoms with Crippen LogP contribution in [0.3, 0.4) is 0 Å². The molecule has 1 amide bonds. The van der Waals surface area contributed by atoms with Crippen molar-refractivity contribution >= 4 is 35.5 Å². The number of ether oxygens (including phenoxy) is 2. The number of benzene rings is 3. The van der Waals surface area contributed by atoms with Gasteiger partial charge in [-0.15, -0.1) is 11.8 Å². The van der Waals surface area contributed by atoms with Crippen LogP contribution in [-0.4, -0.2) is 41.0 Å². The SMILES string of the molecule is COc1cc(/C=N\NC(=O)CSc2ccc([N+](=O)[O-])cc2)ccc1OCc1cccc(C(=O)O)c1. The predicted octanol–water partition coefficient (Wildman–Crippen LogP) is 4.12. The van der Waals surface area contributed by atoms with E-state index in [0.29, 0.717) is 22.6 Å². The van der Waals surface area contributed by atoms with Gasteiger partial charge in [0.2, 0.25) is 5.91 Å². The maximum absolute atomic E-state index is 12.0. The second kappa shape index (κ2) is 12.2. The van der Waals surface area contributed by atoms with Crippen LogP contribution in [0.5, 0.6) is 11.5 Å². The lowest BCUT2D eigenvalue weighted by Gasteiger charge is -2.11. The molecule has 0 atom stereocenters. The lowest BCUT2D eigenvalue weighted by molar-refractivity contribution is -0.384. The fourth-order valence-corrected chi connectivity index (χ4v) is 3.55. The Hall–Kier alpha value is -4.38. The van der Waals surface area contributed by atoms with Crippen molar-refractivity contribution in [1.82, 2.24) is 5.43 Å². The van der Waals surface area contributed by atoms with E-state index in [1.54, 1.807) is 48.5 Å². The fraction of sp³-hybridized carbons (Fsp3) is 0.125. The summed E-state index contributed by atoms with van der Waals surface area (Å²) in [5, 5.41) is 23.7.